The Labute approximate surface area is 148 Å². The molecule has 0 radical (unpaired) electrons. The summed E-state index contributed by atoms with van der Waals surface area (Å²) >= 11 is 1.49. The first kappa shape index (κ1) is 17.1. The predicted octanol–water partition coefficient (Wildman–Crippen LogP) is 2.81. The summed E-state index contributed by atoms with van der Waals surface area (Å²) in [5.41, 5.74) is 1.54. The third kappa shape index (κ3) is 3.69. The van der Waals surface area contributed by atoms with Crippen molar-refractivity contribution in [2.75, 3.05) is 11.4 Å². The summed E-state index contributed by atoms with van der Waals surface area (Å²) in [6, 6.07) is 7.95. The minimum Gasteiger partial charge on any atom is -0.348 e. The molecule has 1 atom stereocenters. The average Bonchev–Trinajstić information content (AvgIpc) is 3.22. The number of hydrogen-bond donors (Lipinski definition) is 1. The molecule has 1 aromatic heterocycles. The molecule has 1 aromatic carbocycles. The van der Waals surface area contributed by atoms with Gasteiger partial charge in [0, 0.05) is 36.2 Å². The smallest absolute Gasteiger partial charge is 0.269 e. The number of nitrogens with one attached hydrogen (secondary N) is 1. The molecule has 7 nitrogen and oxygen atoms in total. The molecular formula is C17H17N3O4S. The molecule has 1 N–H and O–H groups in total. The first-order chi connectivity index (χ1) is 12.0. The van der Waals surface area contributed by atoms with Gasteiger partial charge in [0.15, 0.2) is 0 Å². The van der Waals surface area contributed by atoms with Gasteiger partial charge in [0.1, 0.15) is 0 Å². The van der Waals surface area contributed by atoms with Gasteiger partial charge < -0.3 is 10.2 Å². The van der Waals surface area contributed by atoms with Gasteiger partial charge in [0.2, 0.25) is 11.8 Å². The number of fused-ring (bicyclic) bond motifs is 1. The summed E-state index contributed by atoms with van der Waals surface area (Å²) in [5, 5.41) is 15.6. The lowest BCUT2D eigenvalue weighted by molar-refractivity contribution is -0.384. The van der Waals surface area contributed by atoms with E-state index >= 15 is 0 Å². The molecule has 2 aromatic rings. The van der Waals surface area contributed by atoms with E-state index in [1.54, 1.807) is 11.0 Å². The Morgan fingerprint density at radius 1 is 1.40 bits per heavy atom. The molecule has 130 valence electrons. The minimum atomic E-state index is -0.436. The van der Waals surface area contributed by atoms with Crippen molar-refractivity contribution in [3.63, 3.8) is 0 Å². The van der Waals surface area contributed by atoms with Crippen LogP contribution in [0.5, 0.6) is 0 Å². The van der Waals surface area contributed by atoms with Crippen LogP contribution in [0.4, 0.5) is 11.4 Å². The number of non-ortho nitro benzene ring substituents is 1. The Kier molecular flexibility index (Phi) is 4.80. The lowest BCUT2D eigenvalue weighted by Gasteiger charge is -2.22. The van der Waals surface area contributed by atoms with Crippen LogP contribution in [0.25, 0.3) is 0 Å². The lowest BCUT2D eigenvalue weighted by Crippen LogP contribution is -2.34. The highest BCUT2D eigenvalue weighted by Gasteiger charge is 2.29. The second kappa shape index (κ2) is 7.02. The Morgan fingerprint density at radius 2 is 2.20 bits per heavy atom. The van der Waals surface area contributed by atoms with Crippen LogP contribution in [0.2, 0.25) is 0 Å². The van der Waals surface area contributed by atoms with E-state index in [0.29, 0.717) is 18.7 Å². The molecule has 0 bridgehead atoms. The van der Waals surface area contributed by atoms with Gasteiger partial charge >= 0.3 is 0 Å². The molecule has 25 heavy (non-hydrogen) atoms. The van der Waals surface area contributed by atoms with E-state index in [1.807, 2.05) is 17.5 Å². The maximum Gasteiger partial charge on any atom is 0.269 e. The Balaban J connectivity index is 1.78. The predicted molar refractivity (Wildman–Crippen MR) is 94.6 cm³/mol. The Morgan fingerprint density at radius 3 is 2.84 bits per heavy atom. The standard InChI is InChI=1S/C17H17N3O4S/c1-11(21)18-14(16-3-2-8-25-16)10-17(22)19-7-6-12-9-13(20(23)24)4-5-15(12)19/h2-5,8-9,14H,6-7,10H2,1H3,(H,18,21). The van der Waals surface area contributed by atoms with E-state index < -0.39 is 4.92 Å². The number of nitrogens with zero attached hydrogens (tertiary/aromatic N) is 2. The molecule has 1 aliphatic rings. The molecule has 0 fully saturated rings. The van der Waals surface area contributed by atoms with Gasteiger partial charge in [0.05, 0.1) is 17.4 Å². The third-order valence-corrected chi connectivity index (χ3v) is 5.10. The fourth-order valence-electron chi connectivity index (χ4n) is 3.00. The SMILES string of the molecule is CC(=O)NC(CC(=O)N1CCc2cc([N+](=O)[O-])ccc21)c1cccs1. The number of anilines is 1. The zero-order chi connectivity index (χ0) is 18.0. The minimum absolute atomic E-state index is 0.0303. The topological polar surface area (TPSA) is 92.6 Å². The number of carbonyl (C=O) groups excluding carboxylic acids is 2. The maximum atomic E-state index is 12.8. The first-order valence-electron chi connectivity index (χ1n) is 7.84. The summed E-state index contributed by atoms with van der Waals surface area (Å²) in [6.45, 7) is 1.92. The Hall–Kier alpha value is -2.74. The number of nitro benzene ring substituents is 1. The highest BCUT2D eigenvalue weighted by Crippen LogP contribution is 2.33. The second-order valence-corrected chi connectivity index (χ2v) is 6.82. The number of nitro groups is 1. The van der Waals surface area contributed by atoms with E-state index in [-0.39, 0.29) is 30.0 Å². The van der Waals surface area contributed by atoms with Gasteiger partial charge in [-0.2, -0.15) is 0 Å². The van der Waals surface area contributed by atoms with Gasteiger partial charge in [-0.1, -0.05) is 6.07 Å². The van der Waals surface area contributed by atoms with Gasteiger partial charge in [-0.25, -0.2) is 0 Å². The van der Waals surface area contributed by atoms with Crippen molar-refractivity contribution in [2.45, 2.75) is 25.8 Å². The van der Waals surface area contributed by atoms with Gasteiger partial charge in [-0.05, 0) is 29.5 Å². The summed E-state index contributed by atoms with van der Waals surface area (Å²) in [5.74, 6) is -0.302. The molecule has 1 unspecified atom stereocenters. The largest absolute Gasteiger partial charge is 0.348 e. The summed E-state index contributed by atoms with van der Waals surface area (Å²) in [6.07, 6.45) is 0.739. The van der Waals surface area contributed by atoms with Gasteiger partial charge in [-0.3, -0.25) is 19.7 Å². The highest BCUT2D eigenvalue weighted by molar-refractivity contribution is 7.10. The first-order valence-corrected chi connectivity index (χ1v) is 8.72. The van der Waals surface area contributed by atoms with Crippen LogP contribution in [-0.2, 0) is 16.0 Å². The molecule has 0 saturated carbocycles. The number of benzene rings is 1. The van der Waals surface area contributed by atoms with Crippen molar-refractivity contribution in [1.29, 1.82) is 0 Å². The molecule has 3 rings (SSSR count). The normalized spacial score (nSPS) is 14.0. The van der Waals surface area contributed by atoms with Crippen molar-refractivity contribution in [1.82, 2.24) is 5.32 Å². The van der Waals surface area contributed by atoms with Crippen LogP contribution in [0.1, 0.15) is 29.8 Å². The zero-order valence-corrected chi connectivity index (χ0v) is 14.4. The molecule has 2 heterocycles. The van der Waals surface area contributed by atoms with Crippen LogP contribution >= 0.6 is 11.3 Å². The molecule has 8 heteroatoms. The number of rotatable bonds is 5. The van der Waals surface area contributed by atoms with Crippen molar-refractivity contribution in [3.05, 3.63) is 56.3 Å². The van der Waals surface area contributed by atoms with Crippen molar-refractivity contribution in [2.24, 2.45) is 0 Å². The quantitative estimate of drug-likeness (QED) is 0.656. The van der Waals surface area contributed by atoms with E-state index in [1.165, 1.54) is 30.4 Å². The van der Waals surface area contributed by atoms with Crippen LogP contribution in [0.3, 0.4) is 0 Å². The zero-order valence-electron chi connectivity index (χ0n) is 13.6. The van der Waals surface area contributed by atoms with Gasteiger partial charge in [0.25, 0.3) is 5.69 Å². The third-order valence-electron chi connectivity index (χ3n) is 4.11. The number of hydrogen-bond acceptors (Lipinski definition) is 5. The maximum absolute atomic E-state index is 12.8. The summed E-state index contributed by atoms with van der Waals surface area (Å²) in [7, 11) is 0. The summed E-state index contributed by atoms with van der Waals surface area (Å²) < 4.78 is 0. The molecule has 0 spiro atoms. The fourth-order valence-corrected chi connectivity index (χ4v) is 3.78. The van der Waals surface area contributed by atoms with E-state index in [9.17, 15) is 19.7 Å². The van der Waals surface area contributed by atoms with Crippen molar-refractivity contribution >= 4 is 34.5 Å². The number of amides is 2. The van der Waals surface area contributed by atoms with Crippen molar-refractivity contribution in [3.8, 4) is 0 Å². The number of carbonyl (C=O) groups is 2. The highest BCUT2D eigenvalue weighted by atomic mass is 32.1. The van der Waals surface area contributed by atoms with E-state index in [2.05, 4.69) is 5.32 Å². The molecule has 2 amide bonds. The number of thiophene rings is 1. The van der Waals surface area contributed by atoms with Crippen molar-refractivity contribution < 1.29 is 14.5 Å². The fraction of sp³-hybridized carbons (Fsp3) is 0.294. The van der Waals surface area contributed by atoms with Crippen LogP contribution < -0.4 is 10.2 Å². The monoisotopic (exact) mass is 359 g/mol. The van der Waals surface area contributed by atoms with E-state index in [0.717, 1.165) is 10.4 Å². The molecule has 0 saturated heterocycles. The van der Waals surface area contributed by atoms with Gasteiger partial charge in [-0.15, -0.1) is 11.3 Å². The molecule has 0 aliphatic carbocycles. The average molecular weight is 359 g/mol. The van der Waals surface area contributed by atoms with Crippen LogP contribution in [0, 0.1) is 10.1 Å². The second-order valence-electron chi connectivity index (χ2n) is 5.84. The van der Waals surface area contributed by atoms with Crippen LogP contribution in [-0.4, -0.2) is 23.3 Å². The van der Waals surface area contributed by atoms with Crippen LogP contribution in [0.15, 0.2) is 35.7 Å². The lowest BCUT2D eigenvalue weighted by atomic mass is 10.1. The molecule has 1 aliphatic heterocycles. The summed E-state index contributed by atoms with van der Waals surface area (Å²) in [4.78, 5) is 37.2. The Bertz CT molecular complexity index is 819. The molecular weight excluding hydrogens is 342 g/mol. The van der Waals surface area contributed by atoms with E-state index in [4.69, 9.17) is 0 Å².